The van der Waals surface area contributed by atoms with Crippen molar-refractivity contribution in [3.8, 4) is 6.07 Å². The zero-order chi connectivity index (χ0) is 15.2. The van der Waals surface area contributed by atoms with Gasteiger partial charge < -0.3 is 5.73 Å². The second-order valence-corrected chi connectivity index (χ2v) is 4.49. The van der Waals surface area contributed by atoms with Gasteiger partial charge in [-0.1, -0.05) is 49.1 Å². The van der Waals surface area contributed by atoms with Crippen molar-refractivity contribution in [2.45, 2.75) is 0 Å². The van der Waals surface area contributed by atoms with Crippen LogP contribution in [0.2, 0.25) is 0 Å². The van der Waals surface area contributed by atoms with Gasteiger partial charge in [0.05, 0.1) is 0 Å². The summed E-state index contributed by atoms with van der Waals surface area (Å²) in [5.74, 6) is -0.301. The smallest absolute Gasteiger partial charge is 0.203 e. The number of carbonyl (C=O) groups excluding carboxylic acids is 1. The fraction of sp³-hybridized carbons (Fsp3) is 0. The first kappa shape index (κ1) is 14.3. The lowest BCUT2D eigenvalue weighted by molar-refractivity contribution is 0.104. The number of rotatable bonds is 4. The molecule has 3 nitrogen and oxygen atoms in total. The molecule has 2 rings (SSSR count). The van der Waals surface area contributed by atoms with Gasteiger partial charge in [-0.15, -0.1) is 0 Å². The number of carbonyl (C=O) groups is 1. The largest absolute Gasteiger partial charge is 0.399 e. The molecule has 102 valence electrons. The SMILES string of the molecule is C=Cc1ccc(C(=O)C(C#N)=Cc2ccc(N)cc2)cc1. The third kappa shape index (κ3) is 3.46. The van der Waals surface area contributed by atoms with Gasteiger partial charge in [0.2, 0.25) is 5.78 Å². The van der Waals surface area contributed by atoms with Crippen LogP contribution in [0.4, 0.5) is 5.69 Å². The topological polar surface area (TPSA) is 66.9 Å². The van der Waals surface area contributed by atoms with E-state index >= 15 is 0 Å². The number of nitrogens with zero attached hydrogens (tertiary/aromatic N) is 1. The third-order valence-corrected chi connectivity index (χ3v) is 3.02. The minimum absolute atomic E-state index is 0.0890. The Balaban J connectivity index is 2.31. The van der Waals surface area contributed by atoms with Crippen LogP contribution in [0.15, 0.2) is 60.7 Å². The Bertz CT molecular complexity index is 732. The zero-order valence-corrected chi connectivity index (χ0v) is 11.4. The molecule has 2 aromatic carbocycles. The zero-order valence-electron chi connectivity index (χ0n) is 11.4. The van der Waals surface area contributed by atoms with Gasteiger partial charge in [-0.3, -0.25) is 4.79 Å². The van der Waals surface area contributed by atoms with E-state index in [0.29, 0.717) is 11.3 Å². The molecule has 21 heavy (non-hydrogen) atoms. The number of allylic oxidation sites excluding steroid dienone is 1. The van der Waals surface area contributed by atoms with Crippen molar-refractivity contribution < 1.29 is 4.79 Å². The molecule has 0 saturated heterocycles. The number of benzene rings is 2. The number of anilines is 1. The van der Waals surface area contributed by atoms with Gasteiger partial charge in [-0.05, 0) is 29.3 Å². The van der Waals surface area contributed by atoms with Crippen molar-refractivity contribution in [2.75, 3.05) is 5.73 Å². The van der Waals surface area contributed by atoms with Crippen LogP contribution in [0.5, 0.6) is 0 Å². The molecule has 0 spiro atoms. The van der Waals surface area contributed by atoms with Crippen LogP contribution in [0.3, 0.4) is 0 Å². The summed E-state index contributed by atoms with van der Waals surface area (Å²) in [7, 11) is 0. The fourth-order valence-corrected chi connectivity index (χ4v) is 1.83. The van der Waals surface area contributed by atoms with E-state index < -0.39 is 0 Å². The number of nitrogens with two attached hydrogens (primary N) is 1. The normalized spacial score (nSPS) is 10.7. The molecule has 2 N–H and O–H groups in total. The minimum Gasteiger partial charge on any atom is -0.399 e. The Kier molecular flexibility index (Phi) is 4.33. The highest BCUT2D eigenvalue weighted by atomic mass is 16.1. The molecule has 0 aromatic heterocycles. The molecule has 0 saturated carbocycles. The van der Waals surface area contributed by atoms with Gasteiger partial charge >= 0.3 is 0 Å². The van der Waals surface area contributed by atoms with Gasteiger partial charge in [0, 0.05) is 11.3 Å². The molecule has 0 unspecified atom stereocenters. The molecule has 0 heterocycles. The van der Waals surface area contributed by atoms with E-state index in [-0.39, 0.29) is 11.4 Å². The van der Waals surface area contributed by atoms with Crippen LogP contribution in [-0.4, -0.2) is 5.78 Å². The summed E-state index contributed by atoms with van der Waals surface area (Å²) in [6.07, 6.45) is 3.26. The monoisotopic (exact) mass is 274 g/mol. The Morgan fingerprint density at radius 1 is 1.05 bits per heavy atom. The van der Waals surface area contributed by atoms with Crippen LogP contribution in [-0.2, 0) is 0 Å². The van der Waals surface area contributed by atoms with Crippen molar-refractivity contribution in [2.24, 2.45) is 0 Å². The van der Waals surface area contributed by atoms with Crippen molar-refractivity contribution >= 4 is 23.6 Å². The maximum Gasteiger partial charge on any atom is 0.203 e. The summed E-state index contributed by atoms with van der Waals surface area (Å²) < 4.78 is 0. The number of ketones is 1. The van der Waals surface area contributed by atoms with Crippen molar-refractivity contribution in [1.29, 1.82) is 5.26 Å². The second-order valence-electron chi connectivity index (χ2n) is 4.49. The molecule has 0 aliphatic carbocycles. The molecule has 2 aromatic rings. The highest BCUT2D eigenvalue weighted by Gasteiger charge is 2.11. The average molecular weight is 274 g/mol. The number of nitriles is 1. The molecule has 0 bridgehead atoms. The van der Waals surface area contributed by atoms with Crippen molar-refractivity contribution in [1.82, 2.24) is 0 Å². The summed E-state index contributed by atoms with van der Waals surface area (Å²) >= 11 is 0. The molecular formula is C18H14N2O. The summed E-state index contributed by atoms with van der Waals surface area (Å²) in [5.41, 5.74) is 8.49. The van der Waals surface area contributed by atoms with E-state index in [1.807, 2.05) is 6.07 Å². The molecule has 0 atom stereocenters. The maximum atomic E-state index is 12.3. The van der Waals surface area contributed by atoms with Crippen LogP contribution < -0.4 is 5.73 Å². The number of Topliss-reactive ketones (excluding diaryl/α,β-unsaturated/α-hetero) is 1. The molecule has 0 aliphatic heterocycles. The first-order valence-electron chi connectivity index (χ1n) is 6.38. The van der Waals surface area contributed by atoms with E-state index in [1.165, 1.54) is 0 Å². The molecule has 3 heteroatoms. The number of nitrogen functional groups attached to an aromatic ring is 1. The Morgan fingerprint density at radius 3 is 2.14 bits per heavy atom. The highest BCUT2D eigenvalue weighted by Crippen LogP contribution is 2.15. The first-order valence-corrected chi connectivity index (χ1v) is 6.38. The third-order valence-electron chi connectivity index (χ3n) is 3.02. The van der Waals surface area contributed by atoms with Gasteiger partial charge in [-0.25, -0.2) is 0 Å². The lowest BCUT2D eigenvalue weighted by Gasteiger charge is -2.01. The van der Waals surface area contributed by atoms with Gasteiger partial charge in [0.25, 0.3) is 0 Å². The Morgan fingerprint density at radius 2 is 1.62 bits per heavy atom. The standard InChI is InChI=1S/C18H14N2O/c1-2-13-3-7-15(8-4-13)18(21)16(12-19)11-14-5-9-17(20)10-6-14/h2-11H,1,20H2. The quantitative estimate of drug-likeness (QED) is 0.400. The Labute approximate surface area is 123 Å². The average Bonchev–Trinajstić information content (AvgIpc) is 2.54. The number of hydrogen-bond donors (Lipinski definition) is 1. The van der Waals surface area contributed by atoms with E-state index in [9.17, 15) is 10.1 Å². The molecule has 0 amide bonds. The lowest BCUT2D eigenvalue weighted by atomic mass is 10.0. The van der Waals surface area contributed by atoms with Gasteiger partial charge in [0.1, 0.15) is 11.6 Å². The minimum atomic E-state index is -0.301. The van der Waals surface area contributed by atoms with E-state index in [0.717, 1.165) is 11.1 Å². The van der Waals surface area contributed by atoms with Crippen LogP contribution >= 0.6 is 0 Å². The van der Waals surface area contributed by atoms with E-state index in [1.54, 1.807) is 60.7 Å². The lowest BCUT2D eigenvalue weighted by Crippen LogP contribution is -2.01. The van der Waals surface area contributed by atoms with Crippen LogP contribution in [0.25, 0.3) is 12.2 Å². The fourth-order valence-electron chi connectivity index (χ4n) is 1.83. The predicted molar refractivity (Wildman–Crippen MR) is 85.3 cm³/mol. The summed E-state index contributed by atoms with van der Waals surface area (Å²) in [6.45, 7) is 3.66. The summed E-state index contributed by atoms with van der Waals surface area (Å²) in [4.78, 5) is 12.3. The molecule has 0 fully saturated rings. The van der Waals surface area contributed by atoms with Gasteiger partial charge in [0.15, 0.2) is 0 Å². The van der Waals surface area contributed by atoms with E-state index in [2.05, 4.69) is 6.58 Å². The van der Waals surface area contributed by atoms with Crippen molar-refractivity contribution in [3.05, 3.63) is 77.4 Å². The van der Waals surface area contributed by atoms with Crippen LogP contribution in [0.1, 0.15) is 21.5 Å². The van der Waals surface area contributed by atoms with Gasteiger partial charge in [-0.2, -0.15) is 5.26 Å². The molecule has 0 radical (unpaired) electrons. The van der Waals surface area contributed by atoms with Crippen LogP contribution in [0, 0.1) is 11.3 Å². The number of hydrogen-bond acceptors (Lipinski definition) is 3. The summed E-state index contributed by atoms with van der Waals surface area (Å²) in [6, 6.07) is 15.9. The Hall–Kier alpha value is -3.12. The van der Waals surface area contributed by atoms with Crippen molar-refractivity contribution in [3.63, 3.8) is 0 Å². The maximum absolute atomic E-state index is 12.3. The predicted octanol–water partition coefficient (Wildman–Crippen LogP) is 3.70. The molecular weight excluding hydrogens is 260 g/mol. The van der Waals surface area contributed by atoms with E-state index in [4.69, 9.17) is 5.73 Å². The highest BCUT2D eigenvalue weighted by molar-refractivity contribution is 6.14. The second kappa shape index (κ2) is 6.36. The summed E-state index contributed by atoms with van der Waals surface area (Å²) in [5, 5.41) is 9.19. The first-order chi connectivity index (χ1) is 10.1. The molecule has 0 aliphatic rings.